The van der Waals surface area contributed by atoms with Crippen LogP contribution in [0.25, 0.3) is 11.0 Å². The summed E-state index contributed by atoms with van der Waals surface area (Å²) < 4.78 is 1.99. The van der Waals surface area contributed by atoms with Crippen molar-refractivity contribution in [3.05, 3.63) is 29.6 Å². The van der Waals surface area contributed by atoms with Gasteiger partial charge in [0.2, 0.25) is 0 Å². The van der Waals surface area contributed by atoms with Crippen molar-refractivity contribution in [1.82, 2.24) is 14.9 Å². The van der Waals surface area contributed by atoms with E-state index in [9.17, 15) is 9.90 Å². The SMILES string of the molecule is CCC(O)CCNC(=O)c1ccc2c(c1)nc(C)n2C. The summed E-state index contributed by atoms with van der Waals surface area (Å²) in [6.07, 6.45) is 0.929. The van der Waals surface area contributed by atoms with Gasteiger partial charge in [-0.2, -0.15) is 0 Å². The molecule has 5 nitrogen and oxygen atoms in total. The Labute approximate surface area is 118 Å². The van der Waals surface area contributed by atoms with Gasteiger partial charge in [-0.05, 0) is 38.0 Å². The Bertz CT molecular complexity index is 619. The average molecular weight is 275 g/mol. The van der Waals surface area contributed by atoms with Crippen molar-refractivity contribution in [3.63, 3.8) is 0 Å². The fraction of sp³-hybridized carbons (Fsp3) is 0.467. The zero-order chi connectivity index (χ0) is 14.7. The zero-order valence-electron chi connectivity index (χ0n) is 12.2. The van der Waals surface area contributed by atoms with Crippen LogP contribution in [0.2, 0.25) is 0 Å². The van der Waals surface area contributed by atoms with Gasteiger partial charge in [-0.25, -0.2) is 4.98 Å². The van der Waals surface area contributed by atoms with E-state index in [1.807, 2.05) is 31.5 Å². The van der Waals surface area contributed by atoms with Gasteiger partial charge in [0.15, 0.2) is 0 Å². The normalized spacial score (nSPS) is 12.6. The molecule has 0 aliphatic rings. The molecule has 2 N–H and O–H groups in total. The van der Waals surface area contributed by atoms with Crippen LogP contribution in [0.15, 0.2) is 18.2 Å². The summed E-state index contributed by atoms with van der Waals surface area (Å²) in [4.78, 5) is 16.4. The minimum absolute atomic E-state index is 0.126. The standard InChI is InChI=1S/C15H21N3O2/c1-4-12(19)7-8-16-15(20)11-5-6-14-13(9-11)17-10(2)18(14)3/h5-6,9,12,19H,4,7-8H2,1-3H3,(H,16,20). The summed E-state index contributed by atoms with van der Waals surface area (Å²) in [5.41, 5.74) is 2.44. The molecule has 0 aliphatic heterocycles. The number of aliphatic hydroxyl groups excluding tert-OH is 1. The summed E-state index contributed by atoms with van der Waals surface area (Å²) >= 11 is 0. The topological polar surface area (TPSA) is 67.2 Å². The van der Waals surface area contributed by atoms with Crippen molar-refractivity contribution in [3.8, 4) is 0 Å². The monoisotopic (exact) mass is 275 g/mol. The maximum atomic E-state index is 12.0. The number of imidazole rings is 1. The fourth-order valence-corrected chi connectivity index (χ4v) is 2.12. The van der Waals surface area contributed by atoms with E-state index in [0.717, 1.165) is 16.9 Å². The summed E-state index contributed by atoms with van der Waals surface area (Å²) in [6.45, 7) is 4.34. The van der Waals surface area contributed by atoms with E-state index in [1.165, 1.54) is 0 Å². The van der Waals surface area contributed by atoms with Crippen LogP contribution in [-0.4, -0.2) is 33.2 Å². The van der Waals surface area contributed by atoms with Gasteiger partial charge in [0.1, 0.15) is 5.82 Å². The predicted octanol–water partition coefficient (Wildman–Crippen LogP) is 1.77. The van der Waals surface area contributed by atoms with Crippen LogP contribution in [0.1, 0.15) is 35.9 Å². The van der Waals surface area contributed by atoms with Crippen molar-refractivity contribution in [2.24, 2.45) is 7.05 Å². The third-order valence-electron chi connectivity index (χ3n) is 3.60. The van der Waals surface area contributed by atoms with Crippen molar-refractivity contribution >= 4 is 16.9 Å². The number of rotatable bonds is 5. The van der Waals surface area contributed by atoms with Gasteiger partial charge < -0.3 is 15.0 Å². The Morgan fingerprint density at radius 2 is 2.25 bits per heavy atom. The Morgan fingerprint density at radius 1 is 1.50 bits per heavy atom. The number of fused-ring (bicyclic) bond motifs is 1. The molecule has 1 amide bonds. The van der Waals surface area contributed by atoms with E-state index < -0.39 is 0 Å². The largest absolute Gasteiger partial charge is 0.393 e. The molecule has 5 heteroatoms. The molecule has 0 saturated carbocycles. The van der Waals surface area contributed by atoms with Crippen molar-refractivity contribution in [1.29, 1.82) is 0 Å². The number of carbonyl (C=O) groups excluding carboxylic acids is 1. The molecule has 2 rings (SSSR count). The van der Waals surface area contributed by atoms with Crippen LogP contribution >= 0.6 is 0 Å². The first kappa shape index (κ1) is 14.5. The summed E-state index contributed by atoms with van der Waals surface area (Å²) in [6, 6.07) is 5.51. The molecular weight excluding hydrogens is 254 g/mol. The van der Waals surface area contributed by atoms with E-state index in [0.29, 0.717) is 24.9 Å². The second-order valence-corrected chi connectivity index (χ2v) is 5.03. The summed E-state index contributed by atoms with van der Waals surface area (Å²) in [5.74, 6) is 0.794. The molecule has 0 fully saturated rings. The number of aliphatic hydroxyl groups is 1. The molecule has 0 aliphatic carbocycles. The molecule has 0 spiro atoms. The van der Waals surface area contributed by atoms with Crippen LogP contribution in [0.5, 0.6) is 0 Å². The smallest absolute Gasteiger partial charge is 0.251 e. The van der Waals surface area contributed by atoms with Gasteiger partial charge >= 0.3 is 0 Å². The lowest BCUT2D eigenvalue weighted by Gasteiger charge is -2.09. The van der Waals surface area contributed by atoms with E-state index in [2.05, 4.69) is 10.3 Å². The minimum atomic E-state index is -0.351. The summed E-state index contributed by atoms with van der Waals surface area (Å²) in [7, 11) is 1.95. The third-order valence-corrected chi connectivity index (χ3v) is 3.60. The molecule has 1 unspecified atom stereocenters. The number of hydrogen-bond acceptors (Lipinski definition) is 3. The minimum Gasteiger partial charge on any atom is -0.393 e. The van der Waals surface area contributed by atoms with E-state index in [1.54, 1.807) is 12.1 Å². The number of aromatic nitrogens is 2. The molecular formula is C15H21N3O2. The Morgan fingerprint density at radius 3 is 2.95 bits per heavy atom. The Hall–Kier alpha value is -1.88. The molecule has 0 radical (unpaired) electrons. The molecule has 0 saturated heterocycles. The van der Waals surface area contributed by atoms with Crippen molar-refractivity contribution in [2.45, 2.75) is 32.8 Å². The predicted molar refractivity (Wildman–Crippen MR) is 78.7 cm³/mol. The molecule has 20 heavy (non-hydrogen) atoms. The Balaban J connectivity index is 2.07. The molecule has 2 aromatic rings. The van der Waals surface area contributed by atoms with Crippen LogP contribution in [0.3, 0.4) is 0 Å². The van der Waals surface area contributed by atoms with Crippen LogP contribution in [0.4, 0.5) is 0 Å². The van der Waals surface area contributed by atoms with Gasteiger partial charge in [-0.15, -0.1) is 0 Å². The lowest BCUT2D eigenvalue weighted by Crippen LogP contribution is -2.26. The number of hydrogen-bond donors (Lipinski definition) is 2. The average Bonchev–Trinajstić information content (AvgIpc) is 2.73. The van der Waals surface area contributed by atoms with Gasteiger partial charge in [0, 0.05) is 19.2 Å². The highest BCUT2D eigenvalue weighted by Crippen LogP contribution is 2.16. The number of benzene rings is 1. The second kappa shape index (κ2) is 6.05. The van der Waals surface area contributed by atoms with Gasteiger partial charge in [-0.1, -0.05) is 6.92 Å². The van der Waals surface area contributed by atoms with E-state index in [4.69, 9.17) is 0 Å². The highest BCUT2D eigenvalue weighted by molar-refractivity contribution is 5.97. The highest BCUT2D eigenvalue weighted by Gasteiger charge is 2.10. The van der Waals surface area contributed by atoms with Gasteiger partial charge in [0.25, 0.3) is 5.91 Å². The lowest BCUT2D eigenvalue weighted by atomic mass is 10.1. The molecule has 1 atom stereocenters. The van der Waals surface area contributed by atoms with E-state index in [-0.39, 0.29) is 12.0 Å². The maximum absolute atomic E-state index is 12.0. The zero-order valence-corrected chi connectivity index (χ0v) is 12.2. The number of amides is 1. The van der Waals surface area contributed by atoms with Crippen LogP contribution in [-0.2, 0) is 7.05 Å². The van der Waals surface area contributed by atoms with Crippen LogP contribution in [0, 0.1) is 6.92 Å². The van der Waals surface area contributed by atoms with E-state index >= 15 is 0 Å². The molecule has 0 bridgehead atoms. The molecule has 108 valence electrons. The first-order valence-corrected chi connectivity index (χ1v) is 6.92. The maximum Gasteiger partial charge on any atom is 0.251 e. The van der Waals surface area contributed by atoms with Gasteiger partial charge in [0.05, 0.1) is 17.1 Å². The first-order valence-electron chi connectivity index (χ1n) is 6.92. The number of nitrogens with zero attached hydrogens (tertiary/aromatic N) is 2. The third kappa shape index (κ3) is 2.99. The first-order chi connectivity index (χ1) is 9.52. The Kier molecular flexibility index (Phi) is 4.39. The van der Waals surface area contributed by atoms with Crippen molar-refractivity contribution in [2.75, 3.05) is 6.54 Å². The number of nitrogens with one attached hydrogen (secondary N) is 1. The molecule has 1 heterocycles. The van der Waals surface area contributed by atoms with Crippen LogP contribution < -0.4 is 5.32 Å². The second-order valence-electron chi connectivity index (χ2n) is 5.03. The van der Waals surface area contributed by atoms with Crippen molar-refractivity contribution < 1.29 is 9.90 Å². The quantitative estimate of drug-likeness (QED) is 0.874. The van der Waals surface area contributed by atoms with Gasteiger partial charge in [-0.3, -0.25) is 4.79 Å². The molecule has 1 aromatic carbocycles. The fourth-order valence-electron chi connectivity index (χ4n) is 2.12. The molecule has 1 aromatic heterocycles. The lowest BCUT2D eigenvalue weighted by molar-refractivity contribution is 0.0942. The number of carbonyl (C=O) groups is 1. The highest BCUT2D eigenvalue weighted by atomic mass is 16.3. The summed E-state index contributed by atoms with van der Waals surface area (Å²) in [5, 5.41) is 12.3. The number of aryl methyl sites for hydroxylation is 2.